The zero-order valence-corrected chi connectivity index (χ0v) is 12.3. The van der Waals surface area contributed by atoms with Crippen LogP contribution in [0.25, 0.3) is 0 Å². The lowest BCUT2D eigenvalue weighted by atomic mass is 10.1. The fourth-order valence-corrected chi connectivity index (χ4v) is 2.22. The number of benzene rings is 2. The van der Waals surface area contributed by atoms with Gasteiger partial charge in [-0.05, 0) is 42.4 Å². The number of carbonyl (C=O) groups is 1. The minimum atomic E-state index is -0.212. The van der Waals surface area contributed by atoms with Gasteiger partial charge < -0.3 is 5.32 Å². The highest BCUT2D eigenvalue weighted by Gasteiger charge is 2.05. The molecule has 1 N–H and O–H groups in total. The van der Waals surface area contributed by atoms with Crippen LogP contribution in [0.5, 0.6) is 0 Å². The molecular formula is C17H19FN2O. The van der Waals surface area contributed by atoms with Crippen molar-refractivity contribution in [2.75, 3.05) is 14.1 Å². The van der Waals surface area contributed by atoms with E-state index in [0.717, 1.165) is 17.7 Å². The number of carbonyl (C=O) groups excluding carboxylic acids is 1. The molecule has 0 aliphatic heterocycles. The van der Waals surface area contributed by atoms with E-state index in [2.05, 4.69) is 10.2 Å². The van der Waals surface area contributed by atoms with Crippen molar-refractivity contribution in [2.45, 2.75) is 13.1 Å². The van der Waals surface area contributed by atoms with Crippen molar-refractivity contribution in [3.8, 4) is 0 Å². The normalized spacial score (nSPS) is 10.7. The predicted molar refractivity (Wildman–Crippen MR) is 81.4 cm³/mol. The molecule has 0 spiro atoms. The molecule has 0 bridgehead atoms. The van der Waals surface area contributed by atoms with E-state index in [1.807, 2.05) is 37.4 Å². The highest BCUT2D eigenvalue weighted by atomic mass is 19.1. The van der Waals surface area contributed by atoms with Gasteiger partial charge in [0.15, 0.2) is 0 Å². The number of hydrogen-bond acceptors (Lipinski definition) is 2. The minimum Gasteiger partial charge on any atom is -0.355 e. The largest absolute Gasteiger partial charge is 0.355 e. The Kier molecular flexibility index (Phi) is 5.06. The maximum absolute atomic E-state index is 13.1. The summed E-state index contributed by atoms with van der Waals surface area (Å²) in [6.45, 7) is 1.42. The smallest absolute Gasteiger partial charge is 0.251 e. The molecule has 0 fully saturated rings. The molecule has 110 valence electrons. The maximum Gasteiger partial charge on any atom is 0.251 e. The fraction of sp³-hybridized carbons (Fsp3) is 0.235. The standard InChI is InChI=1S/C17H19FN2O/c1-19-17(21)15-8-6-13(7-9-15)11-20(2)12-14-4-3-5-16(18)10-14/h3-10H,11-12H2,1-2H3,(H,19,21). The average Bonchev–Trinajstić information content (AvgIpc) is 2.47. The third kappa shape index (κ3) is 4.39. The van der Waals surface area contributed by atoms with E-state index in [0.29, 0.717) is 12.1 Å². The molecule has 0 saturated carbocycles. The van der Waals surface area contributed by atoms with Gasteiger partial charge in [0.2, 0.25) is 0 Å². The van der Waals surface area contributed by atoms with E-state index < -0.39 is 0 Å². The molecule has 0 aliphatic rings. The Balaban J connectivity index is 1.96. The van der Waals surface area contributed by atoms with E-state index in [1.54, 1.807) is 19.2 Å². The highest BCUT2D eigenvalue weighted by Crippen LogP contribution is 2.11. The van der Waals surface area contributed by atoms with E-state index >= 15 is 0 Å². The zero-order chi connectivity index (χ0) is 15.2. The van der Waals surface area contributed by atoms with Crippen LogP contribution in [0.1, 0.15) is 21.5 Å². The van der Waals surface area contributed by atoms with Crippen molar-refractivity contribution >= 4 is 5.91 Å². The van der Waals surface area contributed by atoms with Gasteiger partial charge in [-0.1, -0.05) is 24.3 Å². The summed E-state index contributed by atoms with van der Waals surface area (Å²) in [4.78, 5) is 13.6. The third-order valence-electron chi connectivity index (χ3n) is 3.24. The summed E-state index contributed by atoms with van der Waals surface area (Å²) in [7, 11) is 3.60. The molecule has 0 saturated heterocycles. The average molecular weight is 286 g/mol. The van der Waals surface area contributed by atoms with Gasteiger partial charge in [0.1, 0.15) is 5.82 Å². The number of amides is 1. The molecule has 0 aromatic heterocycles. The van der Waals surface area contributed by atoms with Crippen molar-refractivity contribution in [3.63, 3.8) is 0 Å². The van der Waals surface area contributed by atoms with Crippen LogP contribution in [0.3, 0.4) is 0 Å². The lowest BCUT2D eigenvalue weighted by molar-refractivity contribution is 0.0963. The molecule has 0 radical (unpaired) electrons. The molecule has 3 nitrogen and oxygen atoms in total. The molecule has 21 heavy (non-hydrogen) atoms. The first kappa shape index (κ1) is 15.2. The summed E-state index contributed by atoms with van der Waals surface area (Å²) in [5, 5.41) is 2.59. The van der Waals surface area contributed by atoms with Crippen molar-refractivity contribution < 1.29 is 9.18 Å². The quantitative estimate of drug-likeness (QED) is 0.916. The molecule has 0 unspecified atom stereocenters. The summed E-state index contributed by atoms with van der Waals surface area (Å²) < 4.78 is 13.1. The molecule has 0 heterocycles. The van der Waals surface area contributed by atoms with Crippen LogP contribution in [0, 0.1) is 5.82 Å². The van der Waals surface area contributed by atoms with Crippen LogP contribution < -0.4 is 5.32 Å². The summed E-state index contributed by atoms with van der Waals surface area (Å²) >= 11 is 0. The van der Waals surface area contributed by atoms with Crippen LogP contribution in [0.15, 0.2) is 48.5 Å². The molecule has 1 amide bonds. The molecule has 0 aliphatic carbocycles. The van der Waals surface area contributed by atoms with Gasteiger partial charge in [-0.15, -0.1) is 0 Å². The Morgan fingerprint density at radius 1 is 1.10 bits per heavy atom. The Hall–Kier alpha value is -2.20. The summed E-state index contributed by atoms with van der Waals surface area (Å²) in [6.07, 6.45) is 0. The van der Waals surface area contributed by atoms with E-state index in [4.69, 9.17) is 0 Å². The number of nitrogens with one attached hydrogen (secondary N) is 1. The molecular weight excluding hydrogens is 267 g/mol. The van der Waals surface area contributed by atoms with Gasteiger partial charge in [-0.25, -0.2) is 4.39 Å². The molecule has 2 aromatic rings. The second-order valence-electron chi connectivity index (χ2n) is 5.08. The highest BCUT2D eigenvalue weighted by molar-refractivity contribution is 5.93. The van der Waals surface area contributed by atoms with Crippen LogP contribution >= 0.6 is 0 Å². The molecule has 0 atom stereocenters. The maximum atomic E-state index is 13.1. The Labute approximate surface area is 124 Å². The first-order valence-corrected chi connectivity index (χ1v) is 6.82. The number of nitrogens with zero attached hydrogens (tertiary/aromatic N) is 1. The van der Waals surface area contributed by atoms with E-state index in [-0.39, 0.29) is 11.7 Å². The van der Waals surface area contributed by atoms with Crippen molar-refractivity contribution in [2.24, 2.45) is 0 Å². The molecule has 2 aromatic carbocycles. The zero-order valence-electron chi connectivity index (χ0n) is 12.3. The summed E-state index contributed by atoms with van der Waals surface area (Å²) in [6, 6.07) is 14.1. The Morgan fingerprint density at radius 3 is 2.38 bits per heavy atom. The third-order valence-corrected chi connectivity index (χ3v) is 3.24. The van der Waals surface area contributed by atoms with Crippen molar-refractivity contribution in [1.29, 1.82) is 0 Å². The Morgan fingerprint density at radius 2 is 1.76 bits per heavy atom. The van der Waals surface area contributed by atoms with Gasteiger partial charge >= 0.3 is 0 Å². The van der Waals surface area contributed by atoms with Crippen molar-refractivity contribution in [1.82, 2.24) is 10.2 Å². The van der Waals surface area contributed by atoms with E-state index in [9.17, 15) is 9.18 Å². The predicted octanol–water partition coefficient (Wildman–Crippen LogP) is 2.82. The monoisotopic (exact) mass is 286 g/mol. The van der Waals surface area contributed by atoms with E-state index in [1.165, 1.54) is 6.07 Å². The number of halogens is 1. The fourth-order valence-electron chi connectivity index (χ4n) is 2.22. The topological polar surface area (TPSA) is 32.3 Å². The van der Waals surface area contributed by atoms with Gasteiger partial charge in [-0.3, -0.25) is 9.69 Å². The number of rotatable bonds is 5. The second kappa shape index (κ2) is 6.99. The lowest BCUT2D eigenvalue weighted by Crippen LogP contribution is -2.19. The first-order valence-electron chi connectivity index (χ1n) is 6.82. The summed E-state index contributed by atoms with van der Waals surface area (Å²) in [5.41, 5.74) is 2.70. The van der Waals surface area contributed by atoms with Gasteiger partial charge in [-0.2, -0.15) is 0 Å². The summed E-state index contributed by atoms with van der Waals surface area (Å²) in [5.74, 6) is -0.300. The lowest BCUT2D eigenvalue weighted by Gasteiger charge is -2.17. The molecule has 2 rings (SSSR count). The SMILES string of the molecule is CNC(=O)c1ccc(CN(C)Cc2cccc(F)c2)cc1. The van der Waals surface area contributed by atoms with Gasteiger partial charge in [0.25, 0.3) is 5.91 Å². The van der Waals surface area contributed by atoms with Crippen LogP contribution in [0.4, 0.5) is 4.39 Å². The van der Waals surface area contributed by atoms with Crippen LogP contribution in [-0.4, -0.2) is 24.9 Å². The minimum absolute atomic E-state index is 0.0883. The van der Waals surface area contributed by atoms with Gasteiger partial charge in [0.05, 0.1) is 0 Å². The van der Waals surface area contributed by atoms with Crippen LogP contribution in [-0.2, 0) is 13.1 Å². The molecule has 4 heteroatoms. The van der Waals surface area contributed by atoms with Gasteiger partial charge in [0, 0.05) is 25.7 Å². The number of hydrogen-bond donors (Lipinski definition) is 1. The van der Waals surface area contributed by atoms with Crippen LogP contribution in [0.2, 0.25) is 0 Å². The Bertz CT molecular complexity index is 610. The first-order chi connectivity index (χ1) is 10.1. The van der Waals surface area contributed by atoms with Crippen molar-refractivity contribution in [3.05, 3.63) is 71.0 Å². The second-order valence-corrected chi connectivity index (χ2v) is 5.08.